The highest BCUT2D eigenvalue weighted by Crippen LogP contribution is 2.21. The van der Waals surface area contributed by atoms with Gasteiger partial charge in [0.25, 0.3) is 0 Å². The zero-order valence-electron chi connectivity index (χ0n) is 9.39. The molecule has 0 unspecified atom stereocenters. The lowest BCUT2D eigenvalue weighted by Gasteiger charge is -2.03. The van der Waals surface area contributed by atoms with Gasteiger partial charge in [0.05, 0.1) is 6.61 Å². The van der Waals surface area contributed by atoms with Gasteiger partial charge in [-0.1, -0.05) is 24.3 Å². The van der Waals surface area contributed by atoms with E-state index in [-0.39, 0.29) is 6.61 Å². The third-order valence-electron chi connectivity index (χ3n) is 2.85. The molecular formula is C14H17NO. The molecule has 0 amide bonds. The summed E-state index contributed by atoms with van der Waals surface area (Å²) in [6.45, 7) is 4.81. The van der Waals surface area contributed by atoms with E-state index in [1.807, 2.05) is 24.4 Å². The lowest BCUT2D eigenvalue weighted by atomic mass is 10.2. The molecule has 0 aliphatic carbocycles. The number of hydrogen-bond acceptors (Lipinski definition) is 1. The first-order valence-electron chi connectivity index (χ1n) is 5.65. The molecule has 16 heavy (non-hydrogen) atoms. The maximum absolute atomic E-state index is 9.29. The van der Waals surface area contributed by atoms with Crippen molar-refractivity contribution in [3.8, 4) is 0 Å². The number of benzene rings is 1. The lowest BCUT2D eigenvalue weighted by molar-refractivity contribution is 0.283. The van der Waals surface area contributed by atoms with Crippen molar-refractivity contribution in [2.75, 3.05) is 0 Å². The second-order valence-electron chi connectivity index (χ2n) is 3.95. The molecule has 84 valence electrons. The number of hydrogen-bond donors (Lipinski definition) is 1. The third-order valence-corrected chi connectivity index (χ3v) is 2.85. The van der Waals surface area contributed by atoms with Crippen LogP contribution in [-0.2, 0) is 13.2 Å². The Labute approximate surface area is 95.8 Å². The Morgan fingerprint density at radius 1 is 1.31 bits per heavy atom. The van der Waals surface area contributed by atoms with Crippen molar-refractivity contribution < 1.29 is 5.11 Å². The first-order chi connectivity index (χ1) is 7.86. The molecule has 0 saturated heterocycles. The monoisotopic (exact) mass is 215 g/mol. The molecule has 1 heterocycles. The van der Waals surface area contributed by atoms with Crippen LogP contribution in [0.5, 0.6) is 0 Å². The smallest absolute Gasteiger partial charge is 0.0702 e. The van der Waals surface area contributed by atoms with E-state index < -0.39 is 0 Å². The number of aliphatic hydroxyl groups excluding tert-OH is 1. The summed E-state index contributed by atoms with van der Waals surface area (Å²) >= 11 is 0. The van der Waals surface area contributed by atoms with Crippen molar-refractivity contribution in [1.29, 1.82) is 0 Å². The first-order valence-corrected chi connectivity index (χ1v) is 5.65. The van der Waals surface area contributed by atoms with Gasteiger partial charge in [0.2, 0.25) is 0 Å². The topological polar surface area (TPSA) is 25.2 Å². The van der Waals surface area contributed by atoms with Crippen molar-refractivity contribution in [3.63, 3.8) is 0 Å². The second-order valence-corrected chi connectivity index (χ2v) is 3.95. The number of allylic oxidation sites excluding steroid dienone is 1. The molecule has 0 saturated carbocycles. The molecule has 0 fully saturated rings. The predicted octanol–water partition coefficient (Wildman–Crippen LogP) is 3.10. The summed E-state index contributed by atoms with van der Waals surface area (Å²) in [4.78, 5) is 0. The number of aryl methyl sites for hydroxylation is 1. The summed E-state index contributed by atoms with van der Waals surface area (Å²) in [5, 5.41) is 10.4. The molecule has 0 spiro atoms. The Kier molecular flexibility index (Phi) is 3.42. The molecule has 0 aliphatic rings. The Bertz CT molecular complexity index is 484. The molecule has 2 aromatic rings. The van der Waals surface area contributed by atoms with E-state index in [9.17, 15) is 5.11 Å². The van der Waals surface area contributed by atoms with Crippen LogP contribution in [0.1, 0.15) is 18.4 Å². The summed E-state index contributed by atoms with van der Waals surface area (Å²) in [7, 11) is 0. The Morgan fingerprint density at radius 2 is 2.12 bits per heavy atom. The van der Waals surface area contributed by atoms with Crippen molar-refractivity contribution in [3.05, 3.63) is 48.7 Å². The Hall–Kier alpha value is -1.54. The normalized spacial score (nSPS) is 10.8. The highest BCUT2D eigenvalue weighted by Gasteiger charge is 2.05. The zero-order valence-corrected chi connectivity index (χ0v) is 9.39. The van der Waals surface area contributed by atoms with Gasteiger partial charge in [0, 0.05) is 29.2 Å². The standard InChI is InChI=1S/C14H17NO/c1-2-3-6-9-15-10-12(11-16)13-7-4-5-8-14(13)15/h2,4-5,7-8,10,16H,1,3,6,9,11H2. The fourth-order valence-electron chi connectivity index (χ4n) is 2.04. The number of para-hydroxylation sites is 1. The first kappa shape index (κ1) is 11.0. The lowest BCUT2D eigenvalue weighted by Crippen LogP contribution is -1.95. The molecule has 1 aromatic heterocycles. The molecule has 1 aromatic carbocycles. The number of unbranched alkanes of at least 4 members (excludes halogenated alkanes) is 1. The van der Waals surface area contributed by atoms with E-state index >= 15 is 0 Å². The number of fused-ring (bicyclic) bond motifs is 1. The Morgan fingerprint density at radius 3 is 2.88 bits per heavy atom. The van der Waals surface area contributed by atoms with Crippen molar-refractivity contribution in [2.24, 2.45) is 0 Å². The van der Waals surface area contributed by atoms with E-state index in [1.54, 1.807) is 0 Å². The third kappa shape index (κ3) is 2.02. The number of rotatable bonds is 5. The van der Waals surface area contributed by atoms with E-state index in [4.69, 9.17) is 0 Å². The van der Waals surface area contributed by atoms with Crippen LogP contribution in [0.4, 0.5) is 0 Å². The van der Waals surface area contributed by atoms with Gasteiger partial charge in [0.1, 0.15) is 0 Å². The van der Waals surface area contributed by atoms with Gasteiger partial charge < -0.3 is 9.67 Å². The van der Waals surface area contributed by atoms with Crippen molar-refractivity contribution >= 4 is 10.9 Å². The largest absolute Gasteiger partial charge is 0.392 e. The summed E-state index contributed by atoms with van der Waals surface area (Å²) in [5.41, 5.74) is 2.21. The van der Waals surface area contributed by atoms with Crippen LogP contribution in [0.25, 0.3) is 10.9 Å². The van der Waals surface area contributed by atoms with Crippen LogP contribution < -0.4 is 0 Å². The molecule has 0 aliphatic heterocycles. The average Bonchev–Trinajstić information content (AvgIpc) is 2.68. The van der Waals surface area contributed by atoms with Crippen LogP contribution in [-0.4, -0.2) is 9.67 Å². The molecule has 0 radical (unpaired) electrons. The molecule has 2 heteroatoms. The molecular weight excluding hydrogens is 198 g/mol. The van der Waals surface area contributed by atoms with Gasteiger partial charge >= 0.3 is 0 Å². The van der Waals surface area contributed by atoms with Gasteiger partial charge in [-0.2, -0.15) is 0 Å². The maximum atomic E-state index is 9.29. The van der Waals surface area contributed by atoms with Crippen molar-refractivity contribution in [1.82, 2.24) is 4.57 Å². The number of aliphatic hydroxyl groups is 1. The average molecular weight is 215 g/mol. The van der Waals surface area contributed by atoms with E-state index in [0.717, 1.165) is 30.3 Å². The van der Waals surface area contributed by atoms with Gasteiger partial charge in [-0.25, -0.2) is 0 Å². The second kappa shape index (κ2) is 4.99. The van der Waals surface area contributed by atoms with Gasteiger partial charge in [0.15, 0.2) is 0 Å². The fraction of sp³-hybridized carbons (Fsp3) is 0.286. The molecule has 2 rings (SSSR count). The molecule has 1 N–H and O–H groups in total. The van der Waals surface area contributed by atoms with Gasteiger partial charge in [-0.15, -0.1) is 6.58 Å². The molecule has 0 bridgehead atoms. The van der Waals surface area contributed by atoms with Crippen LogP contribution in [0, 0.1) is 0 Å². The predicted molar refractivity (Wildman–Crippen MR) is 67.3 cm³/mol. The van der Waals surface area contributed by atoms with E-state index in [2.05, 4.69) is 23.3 Å². The summed E-state index contributed by atoms with van der Waals surface area (Å²) in [6, 6.07) is 8.20. The number of aromatic nitrogens is 1. The maximum Gasteiger partial charge on any atom is 0.0702 e. The minimum Gasteiger partial charge on any atom is -0.392 e. The molecule has 2 nitrogen and oxygen atoms in total. The fourth-order valence-corrected chi connectivity index (χ4v) is 2.04. The highest BCUT2D eigenvalue weighted by molar-refractivity contribution is 5.83. The van der Waals surface area contributed by atoms with Crippen LogP contribution >= 0.6 is 0 Å². The van der Waals surface area contributed by atoms with Crippen molar-refractivity contribution in [2.45, 2.75) is 26.0 Å². The molecule has 0 atom stereocenters. The Balaban J connectivity index is 2.33. The summed E-state index contributed by atoms with van der Waals surface area (Å²) < 4.78 is 2.21. The summed E-state index contributed by atoms with van der Waals surface area (Å²) in [5.74, 6) is 0. The number of nitrogens with zero attached hydrogens (tertiary/aromatic N) is 1. The minimum atomic E-state index is 0.106. The zero-order chi connectivity index (χ0) is 11.4. The quantitative estimate of drug-likeness (QED) is 0.601. The van der Waals surface area contributed by atoms with Crippen LogP contribution in [0.15, 0.2) is 43.1 Å². The van der Waals surface area contributed by atoms with Gasteiger partial charge in [-0.3, -0.25) is 0 Å². The summed E-state index contributed by atoms with van der Waals surface area (Å²) in [6.07, 6.45) is 6.11. The van der Waals surface area contributed by atoms with Crippen LogP contribution in [0.3, 0.4) is 0 Å². The highest BCUT2D eigenvalue weighted by atomic mass is 16.3. The minimum absolute atomic E-state index is 0.106. The van der Waals surface area contributed by atoms with Crippen LogP contribution in [0.2, 0.25) is 0 Å². The van der Waals surface area contributed by atoms with E-state index in [1.165, 1.54) is 5.52 Å². The van der Waals surface area contributed by atoms with E-state index in [0.29, 0.717) is 0 Å². The SMILES string of the molecule is C=CCCCn1cc(CO)c2ccccc21. The van der Waals surface area contributed by atoms with Gasteiger partial charge in [-0.05, 0) is 18.9 Å².